The molecule has 110 valence electrons. The number of benzene rings is 2. The molecule has 0 amide bonds. The fourth-order valence-electron chi connectivity index (χ4n) is 1.74. The van der Waals surface area contributed by atoms with Crippen LogP contribution in [-0.4, -0.2) is 18.0 Å². The number of ether oxygens (including phenoxy) is 1. The molecule has 0 fully saturated rings. The number of esters is 1. The van der Waals surface area contributed by atoms with Gasteiger partial charge in [0.05, 0.1) is 23.7 Å². The van der Waals surface area contributed by atoms with Gasteiger partial charge in [0.25, 0.3) is 5.69 Å². The number of nitriles is 1. The molecule has 22 heavy (non-hydrogen) atoms. The van der Waals surface area contributed by atoms with E-state index >= 15 is 0 Å². The van der Waals surface area contributed by atoms with Crippen molar-refractivity contribution < 1.29 is 14.5 Å². The standard InChI is InChI=1S/C15H10N2O4S/c1-21-15(18)13-7-6-12(8-14(13)17(19)20)22-11-4-2-10(9-16)3-5-11/h2-8H,1H3. The van der Waals surface area contributed by atoms with E-state index in [1.807, 2.05) is 6.07 Å². The van der Waals surface area contributed by atoms with Crippen molar-refractivity contribution in [2.24, 2.45) is 0 Å². The zero-order chi connectivity index (χ0) is 16.1. The molecule has 0 aliphatic rings. The molecule has 0 unspecified atom stereocenters. The molecule has 0 saturated heterocycles. The summed E-state index contributed by atoms with van der Waals surface area (Å²) >= 11 is 1.30. The largest absolute Gasteiger partial charge is 0.465 e. The molecule has 0 spiro atoms. The number of carbonyl (C=O) groups is 1. The molecule has 0 atom stereocenters. The van der Waals surface area contributed by atoms with Crippen molar-refractivity contribution in [3.05, 3.63) is 63.7 Å². The van der Waals surface area contributed by atoms with Crippen LogP contribution in [0, 0.1) is 21.4 Å². The van der Waals surface area contributed by atoms with E-state index in [2.05, 4.69) is 4.74 Å². The Balaban J connectivity index is 2.32. The molecule has 0 bridgehead atoms. The van der Waals surface area contributed by atoms with E-state index in [4.69, 9.17) is 5.26 Å². The number of carbonyl (C=O) groups excluding carboxylic acids is 1. The number of nitrogens with zero attached hydrogens (tertiary/aromatic N) is 2. The van der Waals surface area contributed by atoms with Gasteiger partial charge in [0.15, 0.2) is 0 Å². The Morgan fingerprint density at radius 2 is 1.86 bits per heavy atom. The summed E-state index contributed by atoms with van der Waals surface area (Å²) in [5.74, 6) is -0.748. The Bertz CT molecular complexity index is 766. The number of hydrogen-bond acceptors (Lipinski definition) is 6. The first-order valence-corrected chi connectivity index (χ1v) is 6.91. The summed E-state index contributed by atoms with van der Waals surface area (Å²) < 4.78 is 4.53. The normalized spacial score (nSPS) is 9.82. The van der Waals surface area contributed by atoms with Gasteiger partial charge in [-0.05, 0) is 36.4 Å². The number of nitro groups is 1. The first-order chi connectivity index (χ1) is 10.5. The third-order valence-electron chi connectivity index (χ3n) is 2.79. The van der Waals surface area contributed by atoms with Gasteiger partial charge < -0.3 is 4.74 Å². The number of hydrogen-bond donors (Lipinski definition) is 0. The van der Waals surface area contributed by atoms with Crippen LogP contribution in [0.4, 0.5) is 5.69 Å². The smallest absolute Gasteiger partial charge is 0.344 e. The molecule has 0 saturated carbocycles. The number of nitro benzene ring substituents is 1. The fraction of sp³-hybridized carbons (Fsp3) is 0.0667. The molecule has 0 radical (unpaired) electrons. The molecule has 2 rings (SSSR count). The first kappa shape index (κ1) is 15.5. The summed E-state index contributed by atoms with van der Waals surface area (Å²) in [6.45, 7) is 0. The lowest BCUT2D eigenvalue weighted by Crippen LogP contribution is -2.05. The van der Waals surface area contributed by atoms with E-state index in [-0.39, 0.29) is 11.3 Å². The quantitative estimate of drug-likeness (QED) is 0.488. The maximum atomic E-state index is 11.5. The summed E-state index contributed by atoms with van der Waals surface area (Å²) in [4.78, 5) is 23.4. The molecule has 0 aromatic heterocycles. The molecular weight excluding hydrogens is 304 g/mol. The highest BCUT2D eigenvalue weighted by Gasteiger charge is 2.21. The maximum absolute atomic E-state index is 11.5. The Hall–Kier alpha value is -2.85. The summed E-state index contributed by atoms with van der Waals surface area (Å²) in [6, 6.07) is 13.2. The highest BCUT2D eigenvalue weighted by atomic mass is 32.2. The number of methoxy groups -OCH3 is 1. The average molecular weight is 314 g/mol. The zero-order valence-electron chi connectivity index (χ0n) is 11.5. The van der Waals surface area contributed by atoms with Crippen molar-refractivity contribution in [2.75, 3.05) is 7.11 Å². The molecule has 0 heterocycles. The maximum Gasteiger partial charge on any atom is 0.344 e. The van der Waals surface area contributed by atoms with Crippen molar-refractivity contribution in [3.8, 4) is 6.07 Å². The topological polar surface area (TPSA) is 93.2 Å². The highest BCUT2D eigenvalue weighted by molar-refractivity contribution is 7.99. The minimum Gasteiger partial charge on any atom is -0.465 e. The summed E-state index contributed by atoms with van der Waals surface area (Å²) in [5, 5.41) is 19.8. The van der Waals surface area contributed by atoms with Gasteiger partial charge in [-0.3, -0.25) is 10.1 Å². The van der Waals surface area contributed by atoms with E-state index in [0.29, 0.717) is 10.5 Å². The van der Waals surface area contributed by atoms with Crippen molar-refractivity contribution in [3.63, 3.8) is 0 Å². The second kappa shape index (κ2) is 6.74. The Labute approximate surface area is 130 Å². The van der Waals surface area contributed by atoms with Gasteiger partial charge in [0.1, 0.15) is 5.56 Å². The van der Waals surface area contributed by atoms with Crippen LogP contribution >= 0.6 is 11.8 Å². The van der Waals surface area contributed by atoms with E-state index in [1.165, 1.54) is 31.0 Å². The molecule has 7 heteroatoms. The van der Waals surface area contributed by atoms with Crippen LogP contribution in [-0.2, 0) is 4.74 Å². The molecule has 0 aliphatic carbocycles. The monoisotopic (exact) mass is 314 g/mol. The van der Waals surface area contributed by atoms with Crippen LogP contribution in [0.15, 0.2) is 52.3 Å². The van der Waals surface area contributed by atoms with Crippen molar-refractivity contribution in [2.45, 2.75) is 9.79 Å². The van der Waals surface area contributed by atoms with Crippen LogP contribution in [0.3, 0.4) is 0 Å². The van der Waals surface area contributed by atoms with Crippen LogP contribution in [0.5, 0.6) is 0 Å². The second-order valence-corrected chi connectivity index (χ2v) is 5.31. The van der Waals surface area contributed by atoms with Gasteiger partial charge in [-0.25, -0.2) is 4.79 Å². The molecule has 0 aliphatic heterocycles. The highest BCUT2D eigenvalue weighted by Crippen LogP contribution is 2.32. The van der Waals surface area contributed by atoms with E-state index < -0.39 is 10.9 Å². The van der Waals surface area contributed by atoms with E-state index in [1.54, 1.807) is 30.3 Å². The molecule has 0 N–H and O–H groups in total. The fourth-order valence-corrected chi connectivity index (χ4v) is 2.59. The SMILES string of the molecule is COC(=O)c1ccc(Sc2ccc(C#N)cc2)cc1[N+](=O)[O-]. The third kappa shape index (κ3) is 3.42. The van der Waals surface area contributed by atoms with E-state index in [0.717, 1.165) is 4.90 Å². The predicted octanol–water partition coefficient (Wildman–Crippen LogP) is 3.40. The second-order valence-electron chi connectivity index (χ2n) is 4.17. The lowest BCUT2D eigenvalue weighted by atomic mass is 10.2. The lowest BCUT2D eigenvalue weighted by molar-refractivity contribution is -0.385. The average Bonchev–Trinajstić information content (AvgIpc) is 2.54. The van der Waals surface area contributed by atoms with Crippen molar-refractivity contribution in [1.29, 1.82) is 5.26 Å². The molecule has 2 aromatic carbocycles. The molecular formula is C15H10N2O4S. The van der Waals surface area contributed by atoms with E-state index in [9.17, 15) is 14.9 Å². The minimum atomic E-state index is -0.748. The predicted molar refractivity (Wildman–Crippen MR) is 79.7 cm³/mol. The number of rotatable bonds is 4. The summed E-state index contributed by atoms with van der Waals surface area (Å²) in [5.41, 5.74) is 0.151. The first-order valence-electron chi connectivity index (χ1n) is 6.10. The minimum absolute atomic E-state index is 0.0864. The zero-order valence-corrected chi connectivity index (χ0v) is 12.3. The van der Waals surface area contributed by atoms with Gasteiger partial charge in [-0.2, -0.15) is 5.26 Å². The van der Waals surface area contributed by atoms with Crippen LogP contribution < -0.4 is 0 Å². The van der Waals surface area contributed by atoms with Gasteiger partial charge in [0.2, 0.25) is 0 Å². The van der Waals surface area contributed by atoms with Gasteiger partial charge >= 0.3 is 5.97 Å². The van der Waals surface area contributed by atoms with Crippen LogP contribution in [0.1, 0.15) is 15.9 Å². The Morgan fingerprint density at radius 1 is 1.23 bits per heavy atom. The third-order valence-corrected chi connectivity index (χ3v) is 3.79. The molecule has 6 nitrogen and oxygen atoms in total. The summed E-state index contributed by atoms with van der Waals surface area (Å²) in [7, 11) is 1.17. The van der Waals surface area contributed by atoms with Gasteiger partial charge in [-0.1, -0.05) is 11.8 Å². The van der Waals surface area contributed by atoms with Gasteiger partial charge in [0, 0.05) is 15.9 Å². The Kier molecular flexibility index (Phi) is 4.76. The molecule has 2 aromatic rings. The lowest BCUT2D eigenvalue weighted by Gasteiger charge is -2.05. The van der Waals surface area contributed by atoms with Crippen molar-refractivity contribution in [1.82, 2.24) is 0 Å². The Morgan fingerprint density at radius 3 is 2.41 bits per heavy atom. The van der Waals surface area contributed by atoms with Crippen LogP contribution in [0.2, 0.25) is 0 Å². The summed E-state index contributed by atoms with van der Waals surface area (Å²) in [6.07, 6.45) is 0. The van der Waals surface area contributed by atoms with Gasteiger partial charge in [-0.15, -0.1) is 0 Å². The van der Waals surface area contributed by atoms with Crippen LogP contribution in [0.25, 0.3) is 0 Å². The van der Waals surface area contributed by atoms with Crippen molar-refractivity contribution >= 4 is 23.4 Å².